The number of benzene rings is 1. The number of nitrogens with zero attached hydrogens (tertiary/aromatic N) is 1. The summed E-state index contributed by atoms with van der Waals surface area (Å²) in [7, 11) is 1.64. The molecule has 142 valence electrons. The van der Waals surface area contributed by atoms with Crippen molar-refractivity contribution in [1.82, 2.24) is 10.6 Å². The molecule has 26 heavy (non-hydrogen) atoms. The maximum atomic E-state index is 10.6. The molecule has 0 saturated carbocycles. The van der Waals surface area contributed by atoms with Crippen LogP contribution in [-0.2, 0) is 5.60 Å². The first-order valence-electron chi connectivity index (χ1n) is 8.59. The van der Waals surface area contributed by atoms with Crippen molar-refractivity contribution in [3.05, 3.63) is 46.7 Å². The molecule has 7 heteroatoms. The van der Waals surface area contributed by atoms with Gasteiger partial charge in [-0.1, -0.05) is 0 Å². The Kier molecular flexibility index (Phi) is 7.74. The van der Waals surface area contributed by atoms with E-state index in [-0.39, 0.29) is 6.54 Å². The minimum atomic E-state index is -0.984. The Balaban J connectivity index is 1.81. The molecule has 2 rings (SSSR count). The van der Waals surface area contributed by atoms with E-state index in [0.717, 1.165) is 23.6 Å². The molecule has 0 amide bonds. The molecule has 1 aromatic heterocycles. The summed E-state index contributed by atoms with van der Waals surface area (Å²) in [6, 6.07) is 9.39. The fourth-order valence-corrected chi connectivity index (χ4v) is 3.03. The van der Waals surface area contributed by atoms with Crippen LogP contribution in [0.3, 0.4) is 0 Å². The number of rotatable bonds is 9. The molecule has 2 aromatic rings. The lowest BCUT2D eigenvalue weighted by Crippen LogP contribution is -2.40. The van der Waals surface area contributed by atoms with Crippen molar-refractivity contribution in [1.29, 1.82) is 0 Å². The van der Waals surface area contributed by atoms with Crippen molar-refractivity contribution >= 4 is 17.3 Å². The molecule has 0 saturated heterocycles. The number of hydrogen-bond donors (Lipinski definition) is 3. The Morgan fingerprint density at radius 2 is 1.92 bits per heavy atom. The summed E-state index contributed by atoms with van der Waals surface area (Å²) >= 11 is 1.56. The van der Waals surface area contributed by atoms with Crippen LogP contribution in [0.25, 0.3) is 0 Å². The lowest BCUT2D eigenvalue weighted by Gasteiger charge is -2.21. The van der Waals surface area contributed by atoms with Crippen LogP contribution in [0.2, 0.25) is 0 Å². The molecule has 0 fully saturated rings. The monoisotopic (exact) mass is 377 g/mol. The Hall–Kier alpha value is -2.25. The Morgan fingerprint density at radius 1 is 1.19 bits per heavy atom. The molecule has 1 atom stereocenters. The summed E-state index contributed by atoms with van der Waals surface area (Å²) in [6.07, 6.45) is 0. The fourth-order valence-electron chi connectivity index (χ4n) is 2.25. The number of nitrogens with one attached hydrogen (secondary N) is 2. The van der Waals surface area contributed by atoms with Crippen LogP contribution < -0.4 is 20.1 Å². The number of aliphatic hydroxyl groups is 1. The van der Waals surface area contributed by atoms with Crippen molar-refractivity contribution in [3.63, 3.8) is 0 Å². The highest BCUT2D eigenvalue weighted by Crippen LogP contribution is 2.23. The molecule has 3 N–H and O–H groups in total. The highest BCUT2D eigenvalue weighted by molar-refractivity contribution is 7.08. The first-order chi connectivity index (χ1) is 12.5. The number of thiophene rings is 1. The maximum Gasteiger partial charge on any atom is 0.191 e. The zero-order valence-electron chi connectivity index (χ0n) is 15.5. The van der Waals surface area contributed by atoms with Crippen LogP contribution in [0.1, 0.15) is 19.4 Å². The normalized spacial score (nSPS) is 13.8. The van der Waals surface area contributed by atoms with E-state index in [0.29, 0.717) is 19.1 Å². The highest BCUT2D eigenvalue weighted by atomic mass is 32.1. The average molecular weight is 378 g/mol. The standard InChI is InChI=1S/C19H27N3O3S/c1-4-20-18(22-14-19(2,23)15-9-12-26-13-15)21-10-11-25-17-7-5-16(24-3)6-8-17/h5-9,12-13,23H,4,10-11,14H2,1-3H3,(H2,20,21,22). The fraction of sp³-hybridized carbons (Fsp3) is 0.421. The predicted octanol–water partition coefficient (Wildman–Crippen LogP) is 2.60. The largest absolute Gasteiger partial charge is 0.497 e. The summed E-state index contributed by atoms with van der Waals surface area (Å²) < 4.78 is 10.8. The molecule has 1 heterocycles. The molecule has 0 spiro atoms. The topological polar surface area (TPSA) is 75.1 Å². The van der Waals surface area contributed by atoms with Crippen molar-refractivity contribution in [2.45, 2.75) is 19.4 Å². The molecule has 1 aromatic carbocycles. The van der Waals surface area contributed by atoms with E-state index in [4.69, 9.17) is 9.47 Å². The van der Waals surface area contributed by atoms with Crippen LogP contribution >= 0.6 is 11.3 Å². The molecule has 0 bridgehead atoms. The minimum absolute atomic E-state index is 0.276. The number of ether oxygens (including phenoxy) is 2. The number of hydrogen-bond acceptors (Lipinski definition) is 5. The first-order valence-corrected chi connectivity index (χ1v) is 9.53. The van der Waals surface area contributed by atoms with E-state index in [1.807, 2.05) is 48.0 Å². The molecule has 1 unspecified atom stereocenters. The molecular formula is C19H27N3O3S. The van der Waals surface area contributed by atoms with Gasteiger partial charge in [-0.15, -0.1) is 0 Å². The predicted molar refractivity (Wildman–Crippen MR) is 106 cm³/mol. The maximum absolute atomic E-state index is 10.6. The number of methoxy groups -OCH3 is 1. The number of aliphatic imine (C=N–C) groups is 1. The van der Waals surface area contributed by atoms with Gasteiger partial charge >= 0.3 is 0 Å². The SMILES string of the molecule is CCNC(=NCC(C)(O)c1ccsc1)NCCOc1ccc(OC)cc1. The van der Waals surface area contributed by atoms with Crippen LogP contribution in [-0.4, -0.2) is 44.4 Å². The van der Waals surface area contributed by atoms with Crippen LogP contribution in [0.5, 0.6) is 11.5 Å². The summed E-state index contributed by atoms with van der Waals surface area (Å²) in [5.74, 6) is 2.24. The highest BCUT2D eigenvalue weighted by Gasteiger charge is 2.23. The zero-order chi connectivity index (χ0) is 18.8. The summed E-state index contributed by atoms with van der Waals surface area (Å²) in [5.41, 5.74) is -0.105. The van der Waals surface area contributed by atoms with Gasteiger partial charge in [-0.25, -0.2) is 4.99 Å². The second-order valence-electron chi connectivity index (χ2n) is 5.93. The third kappa shape index (κ3) is 6.24. The van der Waals surface area contributed by atoms with E-state index >= 15 is 0 Å². The van der Waals surface area contributed by atoms with Crippen molar-refractivity contribution in [3.8, 4) is 11.5 Å². The van der Waals surface area contributed by atoms with E-state index < -0.39 is 5.60 Å². The molecule has 0 aliphatic rings. The summed E-state index contributed by atoms with van der Waals surface area (Å²) in [6.45, 7) is 5.89. The summed E-state index contributed by atoms with van der Waals surface area (Å²) in [5, 5.41) is 20.8. The van der Waals surface area contributed by atoms with Gasteiger partial charge in [0.25, 0.3) is 0 Å². The van der Waals surface area contributed by atoms with Gasteiger partial charge in [-0.2, -0.15) is 11.3 Å². The van der Waals surface area contributed by atoms with Gasteiger partial charge in [0, 0.05) is 6.54 Å². The van der Waals surface area contributed by atoms with E-state index in [2.05, 4.69) is 15.6 Å². The van der Waals surface area contributed by atoms with Gasteiger partial charge in [0.2, 0.25) is 0 Å². The lowest BCUT2D eigenvalue weighted by atomic mass is 10.00. The molecular weight excluding hydrogens is 350 g/mol. The van der Waals surface area contributed by atoms with Gasteiger partial charge in [-0.05, 0) is 60.5 Å². The lowest BCUT2D eigenvalue weighted by molar-refractivity contribution is 0.0677. The Labute approximate surface area is 158 Å². The van der Waals surface area contributed by atoms with Gasteiger partial charge in [0.15, 0.2) is 5.96 Å². The van der Waals surface area contributed by atoms with Crippen molar-refractivity contribution in [2.75, 3.05) is 33.4 Å². The third-order valence-corrected chi connectivity index (χ3v) is 4.44. The van der Waals surface area contributed by atoms with Gasteiger partial charge in [0.1, 0.15) is 23.7 Å². The average Bonchev–Trinajstić information content (AvgIpc) is 3.19. The molecule has 0 radical (unpaired) electrons. The van der Waals surface area contributed by atoms with Gasteiger partial charge < -0.3 is 25.2 Å². The van der Waals surface area contributed by atoms with Crippen LogP contribution in [0.4, 0.5) is 0 Å². The first kappa shape index (κ1) is 20.1. The molecule has 0 aliphatic carbocycles. The zero-order valence-corrected chi connectivity index (χ0v) is 16.3. The Bertz CT molecular complexity index is 670. The minimum Gasteiger partial charge on any atom is -0.497 e. The second kappa shape index (κ2) is 10.0. The molecule has 0 aliphatic heterocycles. The van der Waals surface area contributed by atoms with E-state index in [1.165, 1.54) is 0 Å². The second-order valence-corrected chi connectivity index (χ2v) is 6.71. The van der Waals surface area contributed by atoms with Gasteiger partial charge in [0.05, 0.1) is 20.2 Å². The van der Waals surface area contributed by atoms with Crippen LogP contribution in [0, 0.1) is 0 Å². The van der Waals surface area contributed by atoms with Gasteiger partial charge in [-0.3, -0.25) is 0 Å². The smallest absolute Gasteiger partial charge is 0.191 e. The van der Waals surface area contributed by atoms with Crippen LogP contribution in [0.15, 0.2) is 46.1 Å². The third-order valence-electron chi connectivity index (χ3n) is 3.76. The molecule has 6 nitrogen and oxygen atoms in total. The van der Waals surface area contributed by atoms with E-state index in [1.54, 1.807) is 25.4 Å². The number of guanidine groups is 1. The Morgan fingerprint density at radius 3 is 2.54 bits per heavy atom. The van der Waals surface area contributed by atoms with E-state index in [9.17, 15) is 5.11 Å². The van der Waals surface area contributed by atoms with Crippen molar-refractivity contribution < 1.29 is 14.6 Å². The quantitative estimate of drug-likeness (QED) is 0.356. The van der Waals surface area contributed by atoms with Crippen molar-refractivity contribution in [2.24, 2.45) is 4.99 Å². The summed E-state index contributed by atoms with van der Waals surface area (Å²) in [4.78, 5) is 4.49.